The molecule has 2 unspecified atom stereocenters. The molecule has 4 nitrogen and oxygen atoms in total. The lowest BCUT2D eigenvalue weighted by Gasteiger charge is -2.12. The van der Waals surface area contributed by atoms with Crippen molar-refractivity contribution in [3.63, 3.8) is 0 Å². The van der Waals surface area contributed by atoms with Crippen LogP contribution in [0.1, 0.15) is 34.1 Å². The highest BCUT2D eigenvalue weighted by molar-refractivity contribution is 7.39. The third-order valence-corrected chi connectivity index (χ3v) is 2.89. The SMILES string of the molecule is CC(=O)OC(C)CC[PH](=O)OCC(C)C. The second-order valence-electron chi connectivity index (χ2n) is 4.04. The van der Waals surface area contributed by atoms with E-state index in [9.17, 15) is 9.36 Å². The molecule has 0 N–H and O–H groups in total. The summed E-state index contributed by atoms with van der Waals surface area (Å²) in [4.78, 5) is 10.6. The average molecular weight is 236 g/mol. The second kappa shape index (κ2) is 7.89. The first-order chi connectivity index (χ1) is 6.91. The van der Waals surface area contributed by atoms with Crippen LogP contribution in [0, 0.1) is 5.92 Å². The van der Waals surface area contributed by atoms with E-state index in [1.54, 1.807) is 6.92 Å². The standard InChI is InChI=1S/C10H21O4P/c1-8(2)7-13-15(12)6-5-9(3)14-10(4)11/h8-9,15H,5-7H2,1-4H3. The van der Waals surface area contributed by atoms with Crippen LogP contribution in [0.25, 0.3) is 0 Å². The van der Waals surface area contributed by atoms with Crippen molar-refractivity contribution in [2.75, 3.05) is 12.8 Å². The molecule has 0 aromatic carbocycles. The summed E-state index contributed by atoms with van der Waals surface area (Å²) >= 11 is 0. The molecule has 0 aliphatic rings. The van der Waals surface area contributed by atoms with E-state index in [1.807, 2.05) is 13.8 Å². The number of ether oxygens (including phenoxy) is 1. The molecule has 0 bridgehead atoms. The minimum absolute atomic E-state index is 0.181. The minimum atomic E-state index is -1.96. The third kappa shape index (κ3) is 9.95. The first-order valence-electron chi connectivity index (χ1n) is 5.24. The molecular formula is C10H21O4P. The lowest BCUT2D eigenvalue weighted by atomic mass is 10.2. The third-order valence-electron chi connectivity index (χ3n) is 1.70. The Morgan fingerprint density at radius 1 is 1.33 bits per heavy atom. The van der Waals surface area contributed by atoms with E-state index in [4.69, 9.17) is 9.26 Å². The van der Waals surface area contributed by atoms with Gasteiger partial charge in [-0.3, -0.25) is 9.36 Å². The first kappa shape index (κ1) is 14.7. The summed E-state index contributed by atoms with van der Waals surface area (Å²) in [5, 5.41) is 0. The number of carbonyl (C=O) groups excluding carboxylic acids is 1. The van der Waals surface area contributed by atoms with Crippen molar-refractivity contribution in [3.8, 4) is 0 Å². The molecule has 0 fully saturated rings. The van der Waals surface area contributed by atoms with Crippen LogP contribution in [-0.2, 0) is 18.6 Å². The van der Waals surface area contributed by atoms with Gasteiger partial charge in [-0.2, -0.15) is 0 Å². The van der Waals surface area contributed by atoms with E-state index in [1.165, 1.54) is 6.92 Å². The van der Waals surface area contributed by atoms with E-state index < -0.39 is 8.03 Å². The summed E-state index contributed by atoms with van der Waals surface area (Å²) < 4.78 is 21.4. The summed E-state index contributed by atoms with van der Waals surface area (Å²) in [5.41, 5.74) is 0. The molecule has 90 valence electrons. The molecule has 0 saturated heterocycles. The number of hydrogen-bond acceptors (Lipinski definition) is 4. The second-order valence-corrected chi connectivity index (χ2v) is 5.57. The number of esters is 1. The van der Waals surface area contributed by atoms with Gasteiger partial charge < -0.3 is 9.26 Å². The summed E-state index contributed by atoms with van der Waals surface area (Å²) in [6.45, 7) is 7.71. The van der Waals surface area contributed by atoms with Gasteiger partial charge in [0.1, 0.15) is 0 Å². The fraction of sp³-hybridized carbons (Fsp3) is 0.900. The topological polar surface area (TPSA) is 52.6 Å². The van der Waals surface area contributed by atoms with E-state index in [0.29, 0.717) is 25.1 Å². The Morgan fingerprint density at radius 2 is 1.93 bits per heavy atom. The zero-order valence-corrected chi connectivity index (χ0v) is 10.9. The van der Waals surface area contributed by atoms with Gasteiger partial charge in [0.05, 0.1) is 12.7 Å². The van der Waals surface area contributed by atoms with Crippen LogP contribution in [0.5, 0.6) is 0 Å². The van der Waals surface area contributed by atoms with Crippen molar-refractivity contribution in [2.45, 2.75) is 40.2 Å². The molecule has 0 heterocycles. The summed E-state index contributed by atoms with van der Waals surface area (Å²) in [5.74, 6) is 0.0927. The van der Waals surface area contributed by atoms with Gasteiger partial charge in [-0.25, -0.2) is 0 Å². The van der Waals surface area contributed by atoms with Gasteiger partial charge >= 0.3 is 5.97 Å². The smallest absolute Gasteiger partial charge is 0.302 e. The number of hydrogen-bond donors (Lipinski definition) is 0. The van der Waals surface area contributed by atoms with Crippen LogP contribution in [0.15, 0.2) is 0 Å². The van der Waals surface area contributed by atoms with Gasteiger partial charge in [-0.15, -0.1) is 0 Å². The van der Waals surface area contributed by atoms with Crippen molar-refractivity contribution >= 4 is 14.0 Å². The van der Waals surface area contributed by atoms with Crippen molar-refractivity contribution < 1.29 is 18.6 Å². The van der Waals surface area contributed by atoms with Crippen molar-refractivity contribution in [1.29, 1.82) is 0 Å². The Kier molecular flexibility index (Phi) is 7.71. The van der Waals surface area contributed by atoms with E-state index in [2.05, 4.69) is 0 Å². The van der Waals surface area contributed by atoms with Crippen LogP contribution < -0.4 is 0 Å². The van der Waals surface area contributed by atoms with E-state index in [0.717, 1.165) is 0 Å². The molecule has 0 saturated carbocycles. The molecule has 0 aromatic rings. The first-order valence-corrected chi connectivity index (χ1v) is 6.77. The Balaban J connectivity index is 3.57. The highest BCUT2D eigenvalue weighted by atomic mass is 31.1. The highest BCUT2D eigenvalue weighted by Crippen LogP contribution is 2.25. The predicted molar refractivity (Wildman–Crippen MR) is 60.5 cm³/mol. The molecule has 0 radical (unpaired) electrons. The van der Waals surface area contributed by atoms with E-state index in [-0.39, 0.29) is 12.1 Å². The molecular weight excluding hydrogens is 215 g/mol. The Bertz CT molecular complexity index is 215. The molecule has 0 amide bonds. The summed E-state index contributed by atoms with van der Waals surface area (Å²) in [7, 11) is -1.96. The van der Waals surface area contributed by atoms with Crippen molar-refractivity contribution in [1.82, 2.24) is 0 Å². The van der Waals surface area contributed by atoms with Gasteiger partial charge in [0.15, 0.2) is 8.03 Å². The summed E-state index contributed by atoms with van der Waals surface area (Å²) in [6.07, 6.45) is 0.889. The fourth-order valence-electron chi connectivity index (χ4n) is 0.995. The highest BCUT2D eigenvalue weighted by Gasteiger charge is 2.08. The minimum Gasteiger partial charge on any atom is -0.463 e. The molecule has 0 aliphatic carbocycles. The molecule has 0 aromatic heterocycles. The largest absolute Gasteiger partial charge is 0.463 e. The Hall–Kier alpha value is -0.340. The molecule has 15 heavy (non-hydrogen) atoms. The van der Waals surface area contributed by atoms with Crippen LogP contribution in [0.3, 0.4) is 0 Å². The van der Waals surface area contributed by atoms with Gasteiger partial charge in [0.25, 0.3) is 0 Å². The maximum atomic E-state index is 11.4. The molecule has 0 rings (SSSR count). The van der Waals surface area contributed by atoms with Crippen LogP contribution in [0.4, 0.5) is 0 Å². The predicted octanol–water partition coefficient (Wildman–Crippen LogP) is 2.48. The quantitative estimate of drug-likeness (QED) is 0.503. The number of rotatable bonds is 7. The van der Waals surface area contributed by atoms with Gasteiger partial charge in [-0.1, -0.05) is 13.8 Å². The lowest BCUT2D eigenvalue weighted by Crippen LogP contribution is -2.13. The monoisotopic (exact) mass is 236 g/mol. The maximum absolute atomic E-state index is 11.4. The molecule has 0 aliphatic heterocycles. The molecule has 5 heteroatoms. The average Bonchev–Trinajstić information content (AvgIpc) is 2.10. The maximum Gasteiger partial charge on any atom is 0.302 e. The zero-order chi connectivity index (χ0) is 11.8. The number of carbonyl (C=O) groups is 1. The van der Waals surface area contributed by atoms with Crippen molar-refractivity contribution in [3.05, 3.63) is 0 Å². The molecule has 2 atom stereocenters. The van der Waals surface area contributed by atoms with Gasteiger partial charge in [0, 0.05) is 13.1 Å². The Morgan fingerprint density at radius 3 is 2.40 bits per heavy atom. The van der Waals surface area contributed by atoms with Crippen molar-refractivity contribution in [2.24, 2.45) is 5.92 Å². The van der Waals surface area contributed by atoms with Gasteiger partial charge in [0.2, 0.25) is 0 Å². The van der Waals surface area contributed by atoms with Crippen LogP contribution in [0.2, 0.25) is 0 Å². The van der Waals surface area contributed by atoms with Crippen LogP contribution >= 0.6 is 8.03 Å². The van der Waals surface area contributed by atoms with E-state index >= 15 is 0 Å². The molecule has 0 spiro atoms. The normalized spacial score (nSPS) is 15.0. The summed E-state index contributed by atoms with van der Waals surface area (Å²) in [6, 6.07) is 0. The Labute approximate surface area is 92.2 Å². The zero-order valence-electron chi connectivity index (χ0n) is 9.91. The van der Waals surface area contributed by atoms with Crippen LogP contribution in [-0.4, -0.2) is 24.8 Å². The lowest BCUT2D eigenvalue weighted by molar-refractivity contribution is -0.145. The fourth-order valence-corrected chi connectivity index (χ4v) is 2.30. The van der Waals surface area contributed by atoms with Gasteiger partial charge in [-0.05, 0) is 19.3 Å².